The number of nitrogens with zero attached hydrogens (tertiary/aromatic N) is 3. The number of hydrogen-bond donors (Lipinski definition) is 1. The summed E-state index contributed by atoms with van der Waals surface area (Å²) >= 11 is 0. The molecule has 0 aromatic heterocycles. The molecular weight excluding hydrogens is 460 g/mol. The summed E-state index contributed by atoms with van der Waals surface area (Å²) in [5.41, 5.74) is 3.31. The molecule has 2 aromatic rings. The van der Waals surface area contributed by atoms with E-state index in [1.165, 1.54) is 9.80 Å². The lowest BCUT2D eigenvalue weighted by Gasteiger charge is -2.26. The van der Waals surface area contributed by atoms with Crippen LogP contribution in [0.1, 0.15) is 29.8 Å². The Bertz CT molecular complexity index is 1330. The number of likely N-dealkylation sites (N-methyl/N-ethyl adjacent to an activating group) is 2. The lowest BCUT2D eigenvalue weighted by Crippen LogP contribution is -2.41. The Morgan fingerprint density at radius 1 is 1.11 bits per heavy atom. The minimum Gasteiger partial charge on any atom is -0.482 e. The van der Waals surface area contributed by atoms with Gasteiger partial charge in [-0.25, -0.2) is 0 Å². The molecule has 36 heavy (non-hydrogen) atoms. The molecule has 9 heteroatoms. The van der Waals surface area contributed by atoms with Crippen molar-refractivity contribution in [1.82, 2.24) is 15.1 Å². The first-order valence-corrected chi connectivity index (χ1v) is 11.4. The van der Waals surface area contributed by atoms with Crippen molar-refractivity contribution in [2.24, 2.45) is 0 Å². The molecule has 0 bridgehead atoms. The molecule has 2 aliphatic heterocycles. The molecule has 4 amide bonds. The highest BCUT2D eigenvalue weighted by Gasteiger charge is 2.34. The van der Waals surface area contributed by atoms with Crippen molar-refractivity contribution in [2.45, 2.75) is 26.4 Å². The van der Waals surface area contributed by atoms with Crippen LogP contribution in [0.4, 0.5) is 5.69 Å². The maximum absolute atomic E-state index is 13.2. The third-order valence-electron chi connectivity index (χ3n) is 6.53. The number of nitrogens with one attached hydrogen (secondary N) is 1. The highest BCUT2D eigenvalue weighted by atomic mass is 16.5. The predicted molar refractivity (Wildman–Crippen MR) is 135 cm³/mol. The van der Waals surface area contributed by atoms with Crippen LogP contribution in [0.2, 0.25) is 0 Å². The number of carbonyl (C=O) groups is 4. The zero-order chi connectivity index (χ0) is 26.3. The van der Waals surface area contributed by atoms with Gasteiger partial charge in [0.25, 0.3) is 23.6 Å². The smallest absolute Gasteiger partial charge is 0.271 e. The average molecular weight is 489 g/mol. The van der Waals surface area contributed by atoms with Crippen molar-refractivity contribution in [1.29, 1.82) is 0 Å². The van der Waals surface area contributed by atoms with Crippen LogP contribution in [-0.2, 0) is 20.9 Å². The Hall–Kier alpha value is -4.40. The van der Waals surface area contributed by atoms with Crippen LogP contribution in [0, 0.1) is 0 Å². The highest BCUT2D eigenvalue weighted by molar-refractivity contribution is 6.08. The van der Waals surface area contributed by atoms with E-state index < -0.39 is 11.8 Å². The van der Waals surface area contributed by atoms with Gasteiger partial charge >= 0.3 is 0 Å². The molecule has 0 saturated heterocycles. The molecule has 2 aromatic carbocycles. The van der Waals surface area contributed by atoms with Crippen LogP contribution in [0.15, 0.2) is 61.0 Å². The number of benzene rings is 2. The summed E-state index contributed by atoms with van der Waals surface area (Å²) in [5.74, 6) is -1.02. The quantitative estimate of drug-likeness (QED) is 0.631. The van der Waals surface area contributed by atoms with Gasteiger partial charge in [-0.3, -0.25) is 24.1 Å². The number of ether oxygens (including phenoxy) is 1. The predicted octanol–water partition coefficient (Wildman–Crippen LogP) is 2.68. The summed E-state index contributed by atoms with van der Waals surface area (Å²) in [4.78, 5) is 54.6. The zero-order valence-electron chi connectivity index (χ0n) is 20.8. The van der Waals surface area contributed by atoms with Gasteiger partial charge in [0.05, 0.1) is 17.9 Å². The Morgan fingerprint density at radius 2 is 1.81 bits per heavy atom. The third-order valence-corrected chi connectivity index (χ3v) is 6.53. The first kappa shape index (κ1) is 24.7. The van der Waals surface area contributed by atoms with E-state index >= 15 is 0 Å². The summed E-state index contributed by atoms with van der Waals surface area (Å²) in [5, 5.41) is 2.46. The van der Waals surface area contributed by atoms with Crippen molar-refractivity contribution in [3.8, 4) is 16.9 Å². The van der Waals surface area contributed by atoms with Crippen LogP contribution in [0.25, 0.3) is 11.1 Å². The first-order chi connectivity index (χ1) is 17.0. The second-order valence-corrected chi connectivity index (χ2v) is 9.04. The number of anilines is 1. The molecule has 0 spiro atoms. The van der Waals surface area contributed by atoms with Crippen LogP contribution in [-0.4, -0.2) is 60.2 Å². The fraction of sp³-hybridized carbons (Fsp3) is 0.259. The van der Waals surface area contributed by atoms with E-state index in [0.29, 0.717) is 17.0 Å². The van der Waals surface area contributed by atoms with E-state index in [0.717, 1.165) is 16.7 Å². The first-order valence-electron chi connectivity index (χ1n) is 11.4. The Morgan fingerprint density at radius 3 is 2.50 bits per heavy atom. The number of amides is 4. The van der Waals surface area contributed by atoms with Crippen LogP contribution in [0.3, 0.4) is 0 Å². The molecule has 0 atom stereocenters. The van der Waals surface area contributed by atoms with Crippen molar-refractivity contribution in [2.75, 3.05) is 25.6 Å². The maximum atomic E-state index is 13.2. The minimum atomic E-state index is -0.678. The van der Waals surface area contributed by atoms with Gasteiger partial charge in [0.15, 0.2) is 6.61 Å². The van der Waals surface area contributed by atoms with Crippen LogP contribution in [0.5, 0.6) is 5.75 Å². The molecule has 2 aliphatic rings. The highest BCUT2D eigenvalue weighted by Crippen LogP contribution is 2.39. The van der Waals surface area contributed by atoms with Gasteiger partial charge < -0.3 is 19.9 Å². The SMILES string of the molecule is C=C(NC(=O)C(=C)N1Cc2c(cccc2-c2ccc3c(c2)OCC(=O)N3C)C1=O)C(=O)N(C)C(C)C. The summed E-state index contributed by atoms with van der Waals surface area (Å²) in [6.07, 6.45) is 0. The van der Waals surface area contributed by atoms with Gasteiger partial charge in [0.2, 0.25) is 0 Å². The van der Waals surface area contributed by atoms with E-state index in [-0.39, 0.29) is 42.4 Å². The number of fused-ring (bicyclic) bond motifs is 2. The third kappa shape index (κ3) is 4.24. The Labute approximate surface area is 209 Å². The van der Waals surface area contributed by atoms with Crippen molar-refractivity contribution in [3.05, 3.63) is 72.1 Å². The molecule has 0 unspecified atom stereocenters. The average Bonchev–Trinajstić information content (AvgIpc) is 3.20. The summed E-state index contributed by atoms with van der Waals surface area (Å²) in [6.45, 7) is 11.3. The lowest BCUT2D eigenvalue weighted by atomic mass is 9.96. The molecule has 0 radical (unpaired) electrons. The summed E-state index contributed by atoms with van der Waals surface area (Å²) in [7, 11) is 3.31. The van der Waals surface area contributed by atoms with E-state index in [1.807, 2.05) is 32.0 Å². The van der Waals surface area contributed by atoms with Gasteiger partial charge in [-0.2, -0.15) is 0 Å². The fourth-order valence-electron chi connectivity index (χ4n) is 4.10. The molecular formula is C27H28N4O5. The summed E-state index contributed by atoms with van der Waals surface area (Å²) in [6, 6.07) is 10.8. The number of hydrogen-bond acceptors (Lipinski definition) is 5. The molecule has 0 aliphatic carbocycles. The van der Waals surface area contributed by atoms with Crippen molar-refractivity contribution < 1.29 is 23.9 Å². The number of carbonyl (C=O) groups excluding carboxylic acids is 4. The van der Waals surface area contributed by atoms with E-state index in [2.05, 4.69) is 18.5 Å². The van der Waals surface area contributed by atoms with E-state index in [4.69, 9.17) is 4.74 Å². The molecule has 1 N–H and O–H groups in total. The normalized spacial score (nSPS) is 14.2. The molecule has 2 heterocycles. The topological polar surface area (TPSA) is 99.3 Å². The van der Waals surface area contributed by atoms with Crippen LogP contribution < -0.4 is 15.0 Å². The maximum Gasteiger partial charge on any atom is 0.271 e. The molecule has 9 nitrogen and oxygen atoms in total. The second kappa shape index (κ2) is 9.33. The van der Waals surface area contributed by atoms with Crippen molar-refractivity contribution >= 4 is 29.3 Å². The molecule has 0 saturated carbocycles. The van der Waals surface area contributed by atoms with Gasteiger partial charge in [-0.05, 0) is 48.7 Å². The Kier molecular flexibility index (Phi) is 6.41. The Balaban J connectivity index is 1.56. The minimum absolute atomic E-state index is 0.0399. The fourth-order valence-corrected chi connectivity index (χ4v) is 4.10. The molecule has 186 valence electrons. The number of rotatable bonds is 6. The van der Waals surface area contributed by atoms with Gasteiger partial charge in [0.1, 0.15) is 11.4 Å². The second-order valence-electron chi connectivity index (χ2n) is 9.04. The standard InChI is InChI=1S/C27H28N4O5/c1-15(2)29(5)26(34)16(3)28-25(33)17(4)31-13-21-19(8-7-9-20(21)27(31)35)18-10-11-22-23(12-18)36-14-24(32)30(22)6/h7-12,15H,3-4,13-14H2,1-2,5-6H3,(H,28,33). The monoisotopic (exact) mass is 488 g/mol. The molecule has 4 rings (SSSR count). The molecule has 0 fully saturated rings. The van der Waals surface area contributed by atoms with E-state index in [1.54, 1.807) is 37.2 Å². The van der Waals surface area contributed by atoms with Gasteiger partial charge in [0, 0.05) is 25.7 Å². The van der Waals surface area contributed by atoms with Gasteiger partial charge in [-0.1, -0.05) is 31.4 Å². The summed E-state index contributed by atoms with van der Waals surface area (Å²) < 4.78 is 5.61. The largest absolute Gasteiger partial charge is 0.482 e. The van der Waals surface area contributed by atoms with Gasteiger partial charge in [-0.15, -0.1) is 0 Å². The zero-order valence-corrected chi connectivity index (χ0v) is 20.8. The van der Waals surface area contributed by atoms with Crippen molar-refractivity contribution in [3.63, 3.8) is 0 Å². The van der Waals surface area contributed by atoms with E-state index in [9.17, 15) is 19.2 Å². The lowest BCUT2D eigenvalue weighted by molar-refractivity contribution is -0.129. The van der Waals surface area contributed by atoms with Crippen LogP contribution >= 0.6 is 0 Å².